The maximum absolute atomic E-state index is 11.9. The third kappa shape index (κ3) is 4.19. The zero-order chi connectivity index (χ0) is 14.7. The van der Waals surface area contributed by atoms with E-state index in [1.165, 1.54) is 11.3 Å². The van der Waals surface area contributed by atoms with Crippen LogP contribution in [0.5, 0.6) is 0 Å². The largest absolute Gasteiger partial charge is 0.352 e. The quantitative estimate of drug-likeness (QED) is 0.812. The topological polar surface area (TPSA) is 58.4 Å². The van der Waals surface area contributed by atoms with Gasteiger partial charge in [-0.05, 0) is 38.4 Å². The number of carbonyl (C=O) groups excluding carboxylic acids is 1. The van der Waals surface area contributed by atoms with Gasteiger partial charge in [-0.3, -0.25) is 9.69 Å². The summed E-state index contributed by atoms with van der Waals surface area (Å²) in [5.74, 6) is 0.0750. The Labute approximate surface area is 129 Å². The predicted octanol–water partition coefficient (Wildman–Crippen LogP) is 2.39. The zero-order valence-corrected chi connectivity index (χ0v) is 13.5. The average Bonchev–Trinajstić information content (AvgIpc) is 3.10. The summed E-state index contributed by atoms with van der Waals surface area (Å²) in [7, 11) is 1.94. The molecule has 1 amide bonds. The van der Waals surface area contributed by atoms with Gasteiger partial charge in [0.15, 0.2) is 0 Å². The maximum atomic E-state index is 11.9. The van der Waals surface area contributed by atoms with Gasteiger partial charge in [0, 0.05) is 17.0 Å². The first-order valence-corrected chi connectivity index (χ1v) is 8.21. The van der Waals surface area contributed by atoms with E-state index in [0.717, 1.165) is 28.5 Å². The summed E-state index contributed by atoms with van der Waals surface area (Å²) in [6, 6.07) is 4.30. The van der Waals surface area contributed by atoms with Gasteiger partial charge in [0.25, 0.3) is 0 Å². The number of thiophene rings is 1. The van der Waals surface area contributed by atoms with E-state index < -0.39 is 0 Å². The fourth-order valence-electron chi connectivity index (χ4n) is 2.29. The van der Waals surface area contributed by atoms with Crippen LogP contribution in [0.25, 0.3) is 0 Å². The molecule has 3 N–H and O–H groups in total. The van der Waals surface area contributed by atoms with Crippen molar-refractivity contribution < 1.29 is 4.79 Å². The van der Waals surface area contributed by atoms with E-state index in [0.29, 0.717) is 12.6 Å². The highest BCUT2D eigenvalue weighted by molar-refractivity contribution is 7.16. The van der Waals surface area contributed by atoms with Crippen molar-refractivity contribution in [3.63, 3.8) is 0 Å². The summed E-state index contributed by atoms with van der Waals surface area (Å²) in [5, 5.41) is 3.01. The van der Waals surface area contributed by atoms with Crippen molar-refractivity contribution in [1.82, 2.24) is 10.2 Å². The molecule has 1 fully saturated rings. The Morgan fingerprint density at radius 1 is 1.60 bits per heavy atom. The molecule has 1 aliphatic rings. The number of carbonyl (C=O) groups is 1. The number of halogens is 1. The monoisotopic (exact) mass is 315 g/mol. The highest BCUT2D eigenvalue weighted by atomic mass is 35.5. The molecule has 0 aromatic carbocycles. The molecule has 2 unspecified atom stereocenters. The van der Waals surface area contributed by atoms with Crippen LogP contribution in [0.4, 0.5) is 0 Å². The Hall–Kier alpha value is -0.620. The molecule has 1 aromatic heterocycles. The van der Waals surface area contributed by atoms with Gasteiger partial charge in [0.05, 0.1) is 16.9 Å². The smallest absolute Gasteiger partial charge is 0.234 e. The molecule has 1 heterocycles. The van der Waals surface area contributed by atoms with E-state index in [9.17, 15) is 4.79 Å². The van der Waals surface area contributed by atoms with Crippen molar-refractivity contribution in [2.24, 2.45) is 5.73 Å². The molecule has 0 spiro atoms. The Kier molecular flexibility index (Phi) is 5.43. The lowest BCUT2D eigenvalue weighted by Crippen LogP contribution is -2.43. The van der Waals surface area contributed by atoms with Crippen LogP contribution >= 0.6 is 22.9 Å². The molecule has 2 rings (SSSR count). The highest BCUT2D eigenvalue weighted by Crippen LogP contribution is 2.32. The third-order valence-corrected chi connectivity index (χ3v) is 4.87. The highest BCUT2D eigenvalue weighted by Gasteiger charge is 2.28. The van der Waals surface area contributed by atoms with Crippen molar-refractivity contribution >= 4 is 28.8 Å². The van der Waals surface area contributed by atoms with E-state index in [-0.39, 0.29) is 18.0 Å². The van der Waals surface area contributed by atoms with Crippen molar-refractivity contribution in [2.75, 3.05) is 13.6 Å². The molecule has 112 valence electrons. The minimum absolute atomic E-state index is 0.0107. The second kappa shape index (κ2) is 6.89. The van der Waals surface area contributed by atoms with Crippen LogP contribution in [0.3, 0.4) is 0 Å². The molecule has 1 saturated carbocycles. The summed E-state index contributed by atoms with van der Waals surface area (Å²) < 4.78 is 0.754. The van der Waals surface area contributed by atoms with E-state index in [1.807, 2.05) is 24.1 Å². The first-order chi connectivity index (χ1) is 9.51. The SMILES string of the molecule is CCC(N)C(c1ccc(Cl)s1)N(C)CC(=O)NC1CC1. The normalized spacial score (nSPS) is 18.1. The maximum Gasteiger partial charge on any atom is 0.234 e. The Morgan fingerprint density at radius 3 is 2.80 bits per heavy atom. The van der Waals surface area contributed by atoms with Crippen LogP contribution in [0, 0.1) is 0 Å². The van der Waals surface area contributed by atoms with Gasteiger partial charge >= 0.3 is 0 Å². The van der Waals surface area contributed by atoms with Crippen LogP contribution in [0.2, 0.25) is 4.34 Å². The number of hydrogen-bond acceptors (Lipinski definition) is 4. The first kappa shape index (κ1) is 15.8. The summed E-state index contributed by atoms with van der Waals surface area (Å²) in [4.78, 5) is 15.1. The predicted molar refractivity (Wildman–Crippen MR) is 84.1 cm³/mol. The van der Waals surface area contributed by atoms with Crippen molar-refractivity contribution in [1.29, 1.82) is 0 Å². The van der Waals surface area contributed by atoms with Crippen LogP contribution in [0.15, 0.2) is 12.1 Å². The fourth-order valence-corrected chi connectivity index (χ4v) is 3.59. The molecule has 4 nitrogen and oxygen atoms in total. The Balaban J connectivity index is 2.03. The van der Waals surface area contributed by atoms with E-state index in [4.69, 9.17) is 17.3 Å². The molecule has 0 saturated heterocycles. The van der Waals surface area contributed by atoms with Gasteiger partial charge in [-0.1, -0.05) is 18.5 Å². The molecular formula is C14H22ClN3OS. The van der Waals surface area contributed by atoms with E-state index in [1.54, 1.807) is 0 Å². The number of nitrogens with one attached hydrogen (secondary N) is 1. The lowest BCUT2D eigenvalue weighted by Gasteiger charge is -2.31. The average molecular weight is 316 g/mol. The number of rotatable bonds is 7. The Morgan fingerprint density at radius 2 is 2.30 bits per heavy atom. The number of nitrogens with two attached hydrogens (primary N) is 1. The number of amides is 1. The molecule has 1 aromatic rings. The van der Waals surface area contributed by atoms with Gasteiger partial charge in [-0.25, -0.2) is 0 Å². The van der Waals surface area contributed by atoms with Crippen LogP contribution < -0.4 is 11.1 Å². The molecule has 1 aliphatic carbocycles. The molecule has 0 aliphatic heterocycles. The number of hydrogen-bond donors (Lipinski definition) is 2. The minimum atomic E-state index is -0.0107. The molecular weight excluding hydrogens is 294 g/mol. The van der Waals surface area contributed by atoms with E-state index >= 15 is 0 Å². The summed E-state index contributed by atoms with van der Waals surface area (Å²) in [5.41, 5.74) is 6.24. The molecule has 20 heavy (non-hydrogen) atoms. The lowest BCUT2D eigenvalue weighted by molar-refractivity contribution is -0.122. The Bertz CT molecular complexity index is 461. The summed E-state index contributed by atoms with van der Waals surface area (Å²) in [6.07, 6.45) is 3.07. The van der Waals surface area contributed by atoms with Gasteiger partial charge in [0.1, 0.15) is 0 Å². The zero-order valence-electron chi connectivity index (χ0n) is 11.9. The van der Waals surface area contributed by atoms with E-state index in [2.05, 4.69) is 12.2 Å². The molecule has 0 bridgehead atoms. The molecule has 2 atom stereocenters. The van der Waals surface area contributed by atoms with Gasteiger partial charge < -0.3 is 11.1 Å². The first-order valence-electron chi connectivity index (χ1n) is 7.01. The number of likely N-dealkylation sites (N-methyl/N-ethyl adjacent to an activating group) is 1. The molecule has 6 heteroatoms. The third-order valence-electron chi connectivity index (χ3n) is 3.57. The van der Waals surface area contributed by atoms with Crippen LogP contribution in [-0.2, 0) is 4.79 Å². The second-order valence-corrected chi connectivity index (χ2v) is 7.16. The molecule has 0 radical (unpaired) electrons. The van der Waals surface area contributed by atoms with Crippen LogP contribution in [0.1, 0.15) is 37.1 Å². The number of nitrogens with zero attached hydrogens (tertiary/aromatic N) is 1. The van der Waals surface area contributed by atoms with Gasteiger partial charge in [-0.2, -0.15) is 0 Å². The summed E-state index contributed by atoms with van der Waals surface area (Å²) >= 11 is 7.55. The minimum Gasteiger partial charge on any atom is -0.352 e. The van der Waals surface area contributed by atoms with Crippen LogP contribution in [-0.4, -0.2) is 36.5 Å². The standard InChI is InChI=1S/C14H22ClN3OS/c1-3-10(16)14(11-6-7-12(15)20-11)18(2)8-13(19)17-9-4-5-9/h6-7,9-10,14H,3-5,8,16H2,1-2H3,(H,17,19). The lowest BCUT2D eigenvalue weighted by atomic mass is 10.0. The summed E-state index contributed by atoms with van der Waals surface area (Å²) in [6.45, 7) is 2.43. The van der Waals surface area contributed by atoms with Gasteiger partial charge in [0.2, 0.25) is 5.91 Å². The van der Waals surface area contributed by atoms with Crippen molar-refractivity contribution in [3.05, 3.63) is 21.3 Å². The van der Waals surface area contributed by atoms with Gasteiger partial charge in [-0.15, -0.1) is 11.3 Å². The van der Waals surface area contributed by atoms with Crippen molar-refractivity contribution in [2.45, 2.75) is 44.3 Å². The van der Waals surface area contributed by atoms with Crippen molar-refractivity contribution in [3.8, 4) is 0 Å². The second-order valence-electron chi connectivity index (χ2n) is 5.42. The fraction of sp³-hybridized carbons (Fsp3) is 0.643.